The molecule has 3 N–H and O–H groups in total. The Bertz CT molecular complexity index is 1670. The second-order valence-corrected chi connectivity index (χ2v) is 10.3. The van der Waals surface area contributed by atoms with Crippen LogP contribution in [0.3, 0.4) is 0 Å². The van der Waals surface area contributed by atoms with Gasteiger partial charge in [-0.15, -0.1) is 0 Å². The van der Waals surface area contributed by atoms with Gasteiger partial charge in [0.15, 0.2) is 11.6 Å². The standard InChI is InChI=1S/C26H27N9O3/c1-26(5-6-26)31-25(36)38-17-10-21(37-14-17)19-11-22(33-32-19)30-24-23-18(13-29-35(23)8-7-27-24)15-3-4-20-16(9-15)12-28-34(20)2/h3-4,7-9,11-13,17,21H,5-6,10,14H2,1-2H3,(H,31,36)(H2,27,30,32,33). The molecule has 2 unspecified atom stereocenters. The molecule has 194 valence electrons. The van der Waals surface area contributed by atoms with E-state index < -0.39 is 0 Å². The minimum absolute atomic E-state index is 0.113. The van der Waals surface area contributed by atoms with Crippen molar-refractivity contribution in [2.45, 2.75) is 43.9 Å². The lowest BCUT2D eigenvalue weighted by atomic mass is 10.1. The first-order chi connectivity index (χ1) is 18.4. The summed E-state index contributed by atoms with van der Waals surface area (Å²) in [6.45, 7) is 2.36. The molecule has 1 aliphatic heterocycles. The zero-order valence-electron chi connectivity index (χ0n) is 21.0. The topological polar surface area (TPSA) is 136 Å². The van der Waals surface area contributed by atoms with Crippen LogP contribution in [0.4, 0.5) is 16.4 Å². The number of hydrogen-bond acceptors (Lipinski definition) is 8. The van der Waals surface area contributed by atoms with Crippen molar-refractivity contribution in [3.63, 3.8) is 0 Å². The average Bonchev–Trinajstić information content (AvgIpc) is 3.42. The number of amides is 1. The monoisotopic (exact) mass is 513 g/mol. The van der Waals surface area contributed by atoms with Gasteiger partial charge in [-0.1, -0.05) is 6.07 Å². The summed E-state index contributed by atoms with van der Waals surface area (Å²) in [6, 6.07) is 8.11. The largest absolute Gasteiger partial charge is 0.444 e. The Kier molecular flexibility index (Phi) is 5.11. The molecule has 0 radical (unpaired) electrons. The molecule has 2 aliphatic rings. The van der Waals surface area contributed by atoms with Crippen molar-refractivity contribution in [1.82, 2.24) is 39.9 Å². The molecule has 38 heavy (non-hydrogen) atoms. The van der Waals surface area contributed by atoms with Gasteiger partial charge in [-0.05, 0) is 37.5 Å². The molecule has 5 aromatic rings. The fourth-order valence-electron chi connectivity index (χ4n) is 4.90. The van der Waals surface area contributed by atoms with Gasteiger partial charge in [-0.25, -0.2) is 14.3 Å². The molecule has 1 amide bonds. The number of benzene rings is 1. The van der Waals surface area contributed by atoms with Gasteiger partial charge in [0.05, 0.1) is 30.2 Å². The number of aromatic nitrogens is 7. The highest BCUT2D eigenvalue weighted by molar-refractivity contribution is 5.93. The van der Waals surface area contributed by atoms with Crippen LogP contribution in [-0.4, -0.2) is 58.9 Å². The van der Waals surface area contributed by atoms with Crippen LogP contribution in [0.15, 0.2) is 49.1 Å². The molecule has 2 fully saturated rings. The Labute approximate surface area is 217 Å². The normalized spacial score (nSPS) is 20.2. The molecular formula is C26H27N9O3. The summed E-state index contributed by atoms with van der Waals surface area (Å²) in [4.78, 5) is 16.7. The summed E-state index contributed by atoms with van der Waals surface area (Å²) in [6.07, 6.45) is 8.80. The van der Waals surface area contributed by atoms with Gasteiger partial charge in [0, 0.05) is 48.4 Å². The van der Waals surface area contributed by atoms with E-state index in [4.69, 9.17) is 9.47 Å². The lowest BCUT2D eigenvalue weighted by molar-refractivity contribution is 0.0675. The third-order valence-electron chi connectivity index (χ3n) is 7.32. The summed E-state index contributed by atoms with van der Waals surface area (Å²) in [7, 11) is 1.93. The van der Waals surface area contributed by atoms with E-state index in [0.29, 0.717) is 24.7 Å². The summed E-state index contributed by atoms with van der Waals surface area (Å²) in [5.74, 6) is 1.23. The van der Waals surface area contributed by atoms with Crippen molar-refractivity contribution in [3.05, 3.63) is 54.7 Å². The number of nitrogens with one attached hydrogen (secondary N) is 3. The number of alkyl carbamates (subject to hydrolysis) is 1. The number of ether oxygens (including phenoxy) is 2. The number of anilines is 2. The number of H-pyrrole nitrogens is 1. The molecule has 0 spiro atoms. The zero-order valence-corrected chi connectivity index (χ0v) is 21.0. The van der Waals surface area contributed by atoms with Gasteiger partial charge < -0.3 is 20.1 Å². The molecule has 4 aromatic heterocycles. The smallest absolute Gasteiger partial charge is 0.407 e. The molecule has 12 heteroatoms. The summed E-state index contributed by atoms with van der Waals surface area (Å²) in [5, 5.41) is 23.6. The minimum Gasteiger partial charge on any atom is -0.444 e. The van der Waals surface area contributed by atoms with Crippen LogP contribution in [0.25, 0.3) is 27.5 Å². The van der Waals surface area contributed by atoms with Gasteiger partial charge in [0.2, 0.25) is 0 Å². The van der Waals surface area contributed by atoms with Crippen LogP contribution < -0.4 is 10.6 Å². The molecule has 0 bridgehead atoms. The summed E-state index contributed by atoms with van der Waals surface area (Å²) in [5.41, 5.74) is 4.55. The third-order valence-corrected chi connectivity index (χ3v) is 7.32. The van der Waals surface area contributed by atoms with E-state index in [1.807, 2.05) is 43.3 Å². The molecule has 1 aromatic carbocycles. The van der Waals surface area contributed by atoms with Gasteiger partial charge in [0.25, 0.3) is 0 Å². The molecule has 1 saturated carbocycles. The van der Waals surface area contributed by atoms with Gasteiger partial charge in [0.1, 0.15) is 17.7 Å². The SMILES string of the molecule is Cn1ncc2cc(-c3cnn4ccnc(Nc5cc(C6CC(OC(=O)NC7(C)CC7)CO6)[nH]n5)c34)ccc21. The van der Waals surface area contributed by atoms with Crippen molar-refractivity contribution in [2.24, 2.45) is 7.05 Å². The molecule has 2 atom stereocenters. The molecule has 1 saturated heterocycles. The number of hydrogen-bond donors (Lipinski definition) is 3. The van der Waals surface area contributed by atoms with Crippen LogP contribution in [0.1, 0.15) is 38.0 Å². The molecule has 5 heterocycles. The lowest BCUT2D eigenvalue weighted by Crippen LogP contribution is -2.37. The second kappa shape index (κ2) is 8.55. The van der Waals surface area contributed by atoms with E-state index in [2.05, 4.69) is 54.2 Å². The number of aromatic amines is 1. The first-order valence-corrected chi connectivity index (χ1v) is 12.6. The quantitative estimate of drug-likeness (QED) is 0.311. The van der Waals surface area contributed by atoms with Crippen molar-refractivity contribution >= 4 is 34.1 Å². The van der Waals surface area contributed by atoms with E-state index in [9.17, 15) is 4.79 Å². The van der Waals surface area contributed by atoms with Crippen molar-refractivity contribution in [3.8, 4) is 11.1 Å². The van der Waals surface area contributed by atoms with Crippen molar-refractivity contribution in [1.29, 1.82) is 0 Å². The van der Waals surface area contributed by atoms with Crippen molar-refractivity contribution in [2.75, 3.05) is 11.9 Å². The second-order valence-electron chi connectivity index (χ2n) is 10.3. The third kappa shape index (κ3) is 4.12. The predicted octanol–water partition coefficient (Wildman–Crippen LogP) is 3.86. The van der Waals surface area contributed by atoms with E-state index in [-0.39, 0.29) is 23.8 Å². The first-order valence-electron chi connectivity index (χ1n) is 12.6. The molecule has 7 rings (SSSR count). The van der Waals surface area contributed by atoms with Gasteiger partial charge in [-0.3, -0.25) is 9.78 Å². The van der Waals surface area contributed by atoms with Crippen molar-refractivity contribution < 1.29 is 14.3 Å². The number of fused-ring (bicyclic) bond motifs is 2. The highest BCUT2D eigenvalue weighted by atomic mass is 16.6. The van der Waals surface area contributed by atoms with Crippen LogP contribution in [0, 0.1) is 0 Å². The minimum atomic E-state index is -0.385. The Balaban J connectivity index is 1.09. The van der Waals surface area contributed by atoms with E-state index in [1.165, 1.54) is 0 Å². The van der Waals surface area contributed by atoms with Crippen LogP contribution in [0.5, 0.6) is 0 Å². The summed E-state index contributed by atoms with van der Waals surface area (Å²) >= 11 is 0. The van der Waals surface area contributed by atoms with E-state index in [1.54, 1.807) is 10.7 Å². The Morgan fingerprint density at radius 3 is 3.00 bits per heavy atom. The predicted molar refractivity (Wildman–Crippen MR) is 139 cm³/mol. The average molecular weight is 514 g/mol. The fourth-order valence-corrected chi connectivity index (χ4v) is 4.90. The Morgan fingerprint density at radius 1 is 1.24 bits per heavy atom. The first kappa shape index (κ1) is 22.7. The highest BCUT2D eigenvalue weighted by Gasteiger charge is 2.40. The number of carbonyl (C=O) groups is 1. The van der Waals surface area contributed by atoms with Crippen LogP contribution in [0.2, 0.25) is 0 Å². The zero-order chi connectivity index (χ0) is 25.9. The molecule has 12 nitrogen and oxygen atoms in total. The highest BCUT2D eigenvalue weighted by Crippen LogP contribution is 2.36. The number of aryl methyl sites for hydroxylation is 1. The maximum atomic E-state index is 12.1. The fraction of sp³-hybridized carbons (Fsp3) is 0.346. The van der Waals surface area contributed by atoms with E-state index >= 15 is 0 Å². The number of carbonyl (C=O) groups excluding carboxylic acids is 1. The maximum Gasteiger partial charge on any atom is 0.407 e. The number of rotatable bonds is 6. The molecular weight excluding hydrogens is 486 g/mol. The van der Waals surface area contributed by atoms with Gasteiger partial charge >= 0.3 is 6.09 Å². The van der Waals surface area contributed by atoms with Gasteiger partial charge in [-0.2, -0.15) is 15.3 Å². The lowest BCUT2D eigenvalue weighted by Gasteiger charge is -2.15. The van der Waals surface area contributed by atoms with Crippen LogP contribution in [-0.2, 0) is 16.5 Å². The number of nitrogens with zero attached hydrogens (tertiary/aromatic N) is 6. The van der Waals surface area contributed by atoms with E-state index in [0.717, 1.165) is 46.1 Å². The summed E-state index contributed by atoms with van der Waals surface area (Å²) < 4.78 is 15.1. The Morgan fingerprint density at radius 2 is 2.13 bits per heavy atom. The van der Waals surface area contributed by atoms with Crippen LogP contribution >= 0.6 is 0 Å². The maximum absolute atomic E-state index is 12.1. The Hall–Kier alpha value is -4.45. The molecule has 1 aliphatic carbocycles.